The minimum Gasteiger partial charge on any atom is -0.466 e. The molecular formula is C70H139NO5. The molecule has 0 saturated carbocycles. The van der Waals surface area contributed by atoms with Gasteiger partial charge in [0.15, 0.2) is 0 Å². The van der Waals surface area contributed by atoms with E-state index in [1.165, 1.54) is 340 Å². The molecule has 0 aromatic carbocycles. The first-order valence-electron chi connectivity index (χ1n) is 35.3. The van der Waals surface area contributed by atoms with Crippen molar-refractivity contribution in [3.8, 4) is 0 Å². The Morgan fingerprint density at radius 1 is 0.316 bits per heavy atom. The third-order valence-corrected chi connectivity index (χ3v) is 16.9. The third kappa shape index (κ3) is 62.1. The molecular weight excluding hydrogens is 935 g/mol. The number of nitrogens with one attached hydrogen (secondary N) is 1. The van der Waals surface area contributed by atoms with E-state index < -0.39 is 12.1 Å². The van der Waals surface area contributed by atoms with Gasteiger partial charge in [-0.2, -0.15) is 0 Å². The zero-order valence-electron chi connectivity index (χ0n) is 52.0. The van der Waals surface area contributed by atoms with Crippen LogP contribution in [-0.2, 0) is 14.3 Å². The van der Waals surface area contributed by atoms with Crippen LogP contribution < -0.4 is 5.32 Å². The maximum absolute atomic E-state index is 12.5. The van der Waals surface area contributed by atoms with Crippen molar-refractivity contribution in [1.29, 1.82) is 0 Å². The number of esters is 1. The van der Waals surface area contributed by atoms with E-state index in [-0.39, 0.29) is 18.5 Å². The van der Waals surface area contributed by atoms with Crippen LogP contribution in [0.3, 0.4) is 0 Å². The second-order valence-corrected chi connectivity index (χ2v) is 24.6. The van der Waals surface area contributed by atoms with Crippen LogP contribution in [0.25, 0.3) is 0 Å². The molecule has 0 saturated heterocycles. The predicted octanol–water partition coefficient (Wildman–Crippen LogP) is 22.6. The second kappa shape index (κ2) is 66.4. The van der Waals surface area contributed by atoms with E-state index in [0.29, 0.717) is 25.9 Å². The standard InChI is InChI=1S/C70H139NO5/c1-3-5-7-9-11-13-15-17-19-35-38-42-46-50-54-58-62-68(73)67(66-72)71-69(74)63-59-55-51-47-43-39-36-33-31-29-27-25-23-21-20-22-24-26-28-30-32-34-37-41-45-49-53-57-61-65-76-70(75)64-60-56-52-48-44-40-18-16-14-12-10-8-6-4-2/h67-68,72-73H,3-66H2,1-2H3,(H,71,74). The monoisotopic (exact) mass is 1070 g/mol. The smallest absolute Gasteiger partial charge is 0.305 e. The fourth-order valence-corrected chi connectivity index (χ4v) is 11.5. The highest BCUT2D eigenvalue weighted by molar-refractivity contribution is 5.76. The number of hydrogen-bond donors (Lipinski definition) is 3. The largest absolute Gasteiger partial charge is 0.466 e. The van der Waals surface area contributed by atoms with Crippen molar-refractivity contribution in [2.75, 3.05) is 13.2 Å². The van der Waals surface area contributed by atoms with Gasteiger partial charge in [-0.1, -0.05) is 373 Å². The molecule has 2 atom stereocenters. The normalized spacial score (nSPS) is 12.4. The van der Waals surface area contributed by atoms with E-state index >= 15 is 0 Å². The molecule has 2 unspecified atom stereocenters. The minimum absolute atomic E-state index is 0.0229. The van der Waals surface area contributed by atoms with E-state index in [1.54, 1.807) is 0 Å². The molecule has 0 spiro atoms. The van der Waals surface area contributed by atoms with Crippen molar-refractivity contribution in [3.63, 3.8) is 0 Å². The quantitative estimate of drug-likeness (QED) is 0.0417. The van der Waals surface area contributed by atoms with Gasteiger partial charge in [0.1, 0.15) is 0 Å². The summed E-state index contributed by atoms with van der Waals surface area (Å²) in [6, 6.07) is -0.537. The van der Waals surface area contributed by atoms with Crippen molar-refractivity contribution in [2.45, 2.75) is 424 Å². The van der Waals surface area contributed by atoms with Crippen LogP contribution in [0.15, 0.2) is 0 Å². The van der Waals surface area contributed by atoms with Gasteiger partial charge >= 0.3 is 5.97 Å². The third-order valence-electron chi connectivity index (χ3n) is 16.9. The molecule has 0 heterocycles. The Kier molecular flexibility index (Phi) is 65.4. The number of aliphatic hydroxyl groups excluding tert-OH is 2. The van der Waals surface area contributed by atoms with Gasteiger partial charge in [-0.05, 0) is 25.7 Å². The number of carbonyl (C=O) groups excluding carboxylic acids is 2. The number of aliphatic hydroxyl groups is 2. The molecule has 0 aromatic heterocycles. The van der Waals surface area contributed by atoms with Gasteiger partial charge in [-0.25, -0.2) is 0 Å². The highest BCUT2D eigenvalue weighted by atomic mass is 16.5. The minimum atomic E-state index is -0.661. The zero-order chi connectivity index (χ0) is 55.0. The van der Waals surface area contributed by atoms with Crippen molar-refractivity contribution < 1.29 is 24.5 Å². The number of amides is 1. The van der Waals surface area contributed by atoms with Gasteiger partial charge in [-0.3, -0.25) is 9.59 Å². The highest BCUT2D eigenvalue weighted by Gasteiger charge is 2.20. The maximum atomic E-state index is 12.5. The van der Waals surface area contributed by atoms with Crippen molar-refractivity contribution in [3.05, 3.63) is 0 Å². The second-order valence-electron chi connectivity index (χ2n) is 24.6. The van der Waals surface area contributed by atoms with Gasteiger partial charge in [-0.15, -0.1) is 0 Å². The molecule has 0 bridgehead atoms. The summed E-state index contributed by atoms with van der Waals surface area (Å²) in [5, 5.41) is 23.4. The summed E-state index contributed by atoms with van der Waals surface area (Å²) in [6.45, 7) is 5.00. The topological polar surface area (TPSA) is 95.9 Å². The molecule has 0 radical (unpaired) electrons. The molecule has 0 aliphatic rings. The lowest BCUT2D eigenvalue weighted by Gasteiger charge is -2.22. The first-order chi connectivity index (χ1) is 37.5. The lowest BCUT2D eigenvalue weighted by molar-refractivity contribution is -0.143. The molecule has 6 nitrogen and oxygen atoms in total. The van der Waals surface area contributed by atoms with E-state index in [4.69, 9.17) is 4.74 Å². The van der Waals surface area contributed by atoms with Crippen molar-refractivity contribution >= 4 is 11.9 Å². The van der Waals surface area contributed by atoms with Crippen LogP contribution in [-0.4, -0.2) is 47.4 Å². The summed E-state index contributed by atoms with van der Waals surface area (Å²) in [6.07, 6.45) is 80.1. The highest BCUT2D eigenvalue weighted by Crippen LogP contribution is 2.20. The van der Waals surface area contributed by atoms with Crippen molar-refractivity contribution in [2.24, 2.45) is 0 Å². The van der Waals surface area contributed by atoms with Crippen LogP contribution >= 0.6 is 0 Å². The van der Waals surface area contributed by atoms with E-state index in [9.17, 15) is 19.8 Å². The van der Waals surface area contributed by atoms with E-state index in [0.717, 1.165) is 38.5 Å². The molecule has 0 aliphatic carbocycles. The Hall–Kier alpha value is -1.14. The summed E-state index contributed by atoms with van der Waals surface area (Å²) in [4.78, 5) is 24.6. The number of ether oxygens (including phenoxy) is 1. The number of carbonyl (C=O) groups is 2. The summed E-state index contributed by atoms with van der Waals surface area (Å²) in [7, 11) is 0. The van der Waals surface area contributed by atoms with Gasteiger partial charge in [0.2, 0.25) is 5.91 Å². The zero-order valence-corrected chi connectivity index (χ0v) is 52.0. The predicted molar refractivity (Wildman–Crippen MR) is 334 cm³/mol. The summed E-state index contributed by atoms with van der Waals surface area (Å²) in [5.41, 5.74) is 0. The Morgan fingerprint density at radius 2 is 0.539 bits per heavy atom. The summed E-state index contributed by atoms with van der Waals surface area (Å²) >= 11 is 0. The van der Waals surface area contributed by atoms with Crippen LogP contribution in [0.1, 0.15) is 412 Å². The molecule has 1 amide bonds. The van der Waals surface area contributed by atoms with E-state index in [1.807, 2.05) is 0 Å². The molecule has 454 valence electrons. The molecule has 76 heavy (non-hydrogen) atoms. The average Bonchev–Trinajstić information content (AvgIpc) is 3.42. The van der Waals surface area contributed by atoms with Gasteiger partial charge in [0.05, 0.1) is 25.4 Å². The lowest BCUT2D eigenvalue weighted by atomic mass is 10.0. The maximum Gasteiger partial charge on any atom is 0.305 e. The van der Waals surface area contributed by atoms with Gasteiger partial charge in [0, 0.05) is 12.8 Å². The molecule has 3 N–H and O–H groups in total. The van der Waals surface area contributed by atoms with Crippen LogP contribution in [0, 0.1) is 0 Å². The molecule has 0 fully saturated rings. The fraction of sp³-hybridized carbons (Fsp3) is 0.971. The number of unbranched alkanes of at least 4 members (excludes halogenated alkanes) is 56. The first kappa shape index (κ1) is 74.9. The lowest BCUT2D eigenvalue weighted by Crippen LogP contribution is -2.45. The fourth-order valence-electron chi connectivity index (χ4n) is 11.5. The average molecular weight is 1070 g/mol. The van der Waals surface area contributed by atoms with Crippen LogP contribution in [0.4, 0.5) is 0 Å². The van der Waals surface area contributed by atoms with Gasteiger partial charge in [0.25, 0.3) is 0 Å². The van der Waals surface area contributed by atoms with Crippen LogP contribution in [0.5, 0.6) is 0 Å². The van der Waals surface area contributed by atoms with Gasteiger partial charge < -0.3 is 20.3 Å². The SMILES string of the molecule is CCCCCCCCCCCCCCCCCCC(O)C(CO)NC(=O)CCCCCCCCCCCCCCCCCCCCCCCCCCCCCCCOC(=O)CCCCCCCCCCCCCCCC. The van der Waals surface area contributed by atoms with Crippen molar-refractivity contribution in [1.82, 2.24) is 5.32 Å². The number of rotatable bonds is 67. The van der Waals surface area contributed by atoms with E-state index in [2.05, 4.69) is 19.2 Å². The Morgan fingerprint density at radius 3 is 0.803 bits per heavy atom. The Bertz CT molecular complexity index is 1100. The molecule has 6 heteroatoms. The Labute approximate surface area is 476 Å². The molecule has 0 aromatic rings. The summed E-state index contributed by atoms with van der Waals surface area (Å²) in [5.74, 6) is -0.00433. The summed E-state index contributed by atoms with van der Waals surface area (Å²) < 4.78 is 5.50. The number of hydrogen-bond acceptors (Lipinski definition) is 5. The first-order valence-corrected chi connectivity index (χ1v) is 35.3. The molecule has 0 aliphatic heterocycles. The Balaban J connectivity index is 3.32. The molecule has 0 rings (SSSR count). The van der Waals surface area contributed by atoms with Crippen LogP contribution in [0.2, 0.25) is 0 Å².